The maximum absolute atomic E-state index is 11.7. The predicted molar refractivity (Wildman–Crippen MR) is 157 cm³/mol. The Balaban J connectivity index is 1.34. The molecular weight excluding hydrogens is 510 g/mol. The lowest BCUT2D eigenvalue weighted by atomic mass is 9.98. The number of nitrogens with zero attached hydrogens (tertiary/aromatic N) is 3. The summed E-state index contributed by atoms with van der Waals surface area (Å²) < 4.78 is 25.6. The molecule has 1 heterocycles. The van der Waals surface area contributed by atoms with Crippen LogP contribution >= 0.6 is 0 Å². The number of benzene rings is 3. The predicted octanol–water partition coefficient (Wildman–Crippen LogP) is 4.42. The number of imidazole rings is 1. The Labute approximate surface area is 231 Å². The summed E-state index contributed by atoms with van der Waals surface area (Å²) in [6.45, 7) is 5.40. The number of aliphatic hydroxyl groups is 1. The molecule has 4 N–H and O–H groups in total. The molecule has 0 aliphatic carbocycles. The number of aromatic nitrogens is 2. The Morgan fingerprint density at radius 2 is 1.67 bits per heavy atom. The molecule has 3 aromatic carbocycles. The molecule has 4 rings (SSSR count). The average Bonchev–Trinajstić information content (AvgIpc) is 3.40. The van der Waals surface area contributed by atoms with Crippen LogP contribution in [0.4, 0.5) is 5.69 Å². The molecule has 39 heavy (non-hydrogen) atoms. The summed E-state index contributed by atoms with van der Waals surface area (Å²) in [6.07, 6.45) is 4.04. The summed E-state index contributed by atoms with van der Waals surface area (Å²) in [7, 11) is 0.250. The zero-order chi connectivity index (χ0) is 28.2. The van der Waals surface area contributed by atoms with Crippen LogP contribution in [0.25, 0.3) is 22.4 Å². The number of β-amino-alcohol motifs (C(OH)–C–C–N with tert-alkyl or cyclic N) is 1. The van der Waals surface area contributed by atoms with Crippen molar-refractivity contribution >= 4 is 15.7 Å². The van der Waals surface area contributed by atoms with Gasteiger partial charge in [0, 0.05) is 50.2 Å². The van der Waals surface area contributed by atoms with Crippen molar-refractivity contribution in [3.8, 4) is 22.4 Å². The molecule has 0 radical (unpaired) electrons. The molecule has 0 spiro atoms. The van der Waals surface area contributed by atoms with Gasteiger partial charge in [-0.25, -0.2) is 18.5 Å². The number of hydrogen-bond acceptors (Lipinski definition) is 6. The van der Waals surface area contributed by atoms with Gasteiger partial charge in [0.2, 0.25) is 10.0 Å². The van der Waals surface area contributed by atoms with E-state index in [0.717, 1.165) is 46.6 Å². The van der Waals surface area contributed by atoms with Crippen molar-refractivity contribution < 1.29 is 13.5 Å². The Morgan fingerprint density at radius 1 is 1.00 bits per heavy atom. The fourth-order valence-corrected chi connectivity index (χ4v) is 4.89. The molecule has 0 bridgehead atoms. The van der Waals surface area contributed by atoms with Crippen molar-refractivity contribution in [3.63, 3.8) is 0 Å². The first-order valence-corrected chi connectivity index (χ1v) is 14.4. The third kappa shape index (κ3) is 7.54. The van der Waals surface area contributed by atoms with E-state index < -0.39 is 16.1 Å². The molecule has 206 valence electrons. The minimum absolute atomic E-state index is 0.0570. The van der Waals surface area contributed by atoms with Crippen molar-refractivity contribution in [1.82, 2.24) is 14.9 Å². The molecule has 1 unspecified atom stereocenters. The van der Waals surface area contributed by atoms with Gasteiger partial charge in [0.25, 0.3) is 0 Å². The maximum Gasteiger partial charge on any atom is 0.238 e. The molecule has 4 aromatic rings. The maximum atomic E-state index is 11.7. The van der Waals surface area contributed by atoms with Crippen LogP contribution in [0.3, 0.4) is 0 Å². The van der Waals surface area contributed by atoms with E-state index in [1.165, 1.54) is 6.07 Å². The fraction of sp³-hybridized carbons (Fsp3) is 0.300. The van der Waals surface area contributed by atoms with Crippen LogP contribution in [0.15, 0.2) is 90.2 Å². The lowest BCUT2D eigenvalue weighted by molar-refractivity contribution is 0.158. The minimum Gasteiger partial charge on any atom is -0.387 e. The largest absolute Gasteiger partial charge is 0.387 e. The van der Waals surface area contributed by atoms with Gasteiger partial charge in [-0.05, 0) is 67.3 Å². The monoisotopic (exact) mass is 547 g/mol. The molecule has 9 heteroatoms. The highest BCUT2D eigenvalue weighted by atomic mass is 32.2. The van der Waals surface area contributed by atoms with E-state index in [9.17, 15) is 13.5 Å². The van der Waals surface area contributed by atoms with Gasteiger partial charge in [-0.15, -0.1) is 0 Å². The number of nitrogens with two attached hydrogens (primary N) is 1. The number of anilines is 1. The van der Waals surface area contributed by atoms with Gasteiger partial charge in [-0.2, -0.15) is 0 Å². The average molecular weight is 548 g/mol. The highest BCUT2D eigenvalue weighted by molar-refractivity contribution is 7.89. The van der Waals surface area contributed by atoms with Gasteiger partial charge in [0.15, 0.2) is 0 Å². The van der Waals surface area contributed by atoms with E-state index in [2.05, 4.69) is 64.1 Å². The fourth-order valence-electron chi connectivity index (χ4n) is 4.33. The van der Waals surface area contributed by atoms with E-state index in [4.69, 9.17) is 5.14 Å². The topological polar surface area (TPSA) is 113 Å². The lowest BCUT2D eigenvalue weighted by Crippen LogP contribution is -2.42. The van der Waals surface area contributed by atoms with Gasteiger partial charge < -0.3 is 19.9 Å². The highest BCUT2D eigenvalue weighted by Gasteiger charge is 2.20. The number of aryl methyl sites for hydroxylation is 1. The molecular formula is C30H37N5O3S. The molecule has 1 atom stereocenters. The molecule has 8 nitrogen and oxygen atoms in total. The minimum atomic E-state index is -3.79. The molecule has 0 fully saturated rings. The van der Waals surface area contributed by atoms with E-state index in [1.807, 2.05) is 50.8 Å². The molecule has 0 saturated heterocycles. The van der Waals surface area contributed by atoms with Crippen molar-refractivity contribution in [3.05, 3.63) is 90.9 Å². The van der Waals surface area contributed by atoms with Gasteiger partial charge >= 0.3 is 0 Å². The van der Waals surface area contributed by atoms with E-state index >= 15 is 0 Å². The molecule has 0 aliphatic rings. The van der Waals surface area contributed by atoms with Crippen LogP contribution in [-0.4, -0.2) is 49.3 Å². The molecule has 0 saturated carbocycles. The van der Waals surface area contributed by atoms with Crippen molar-refractivity contribution in [2.75, 3.05) is 25.5 Å². The Morgan fingerprint density at radius 3 is 2.33 bits per heavy atom. The number of aliphatic hydroxyl groups excluding tert-OH is 1. The van der Waals surface area contributed by atoms with Gasteiger partial charge in [-0.1, -0.05) is 42.5 Å². The summed E-state index contributed by atoms with van der Waals surface area (Å²) in [5.41, 5.74) is 5.22. The van der Waals surface area contributed by atoms with E-state index in [-0.39, 0.29) is 10.4 Å². The molecule has 0 amide bonds. The quantitative estimate of drug-likeness (QED) is 0.256. The summed E-state index contributed by atoms with van der Waals surface area (Å²) in [4.78, 5) is 6.70. The number of nitrogens with one attached hydrogen (secondary N) is 1. The van der Waals surface area contributed by atoms with Crippen LogP contribution < -0.4 is 15.4 Å². The summed E-state index contributed by atoms with van der Waals surface area (Å²) >= 11 is 0. The number of sulfonamides is 1. The number of rotatable bonds is 11. The number of hydrogen-bond donors (Lipinski definition) is 3. The third-order valence-electron chi connectivity index (χ3n) is 6.85. The van der Waals surface area contributed by atoms with Crippen LogP contribution in [0.5, 0.6) is 0 Å². The summed E-state index contributed by atoms with van der Waals surface area (Å²) in [6, 6.07) is 22.3. The normalized spacial score (nSPS) is 12.9. The van der Waals surface area contributed by atoms with Crippen molar-refractivity contribution in [2.45, 2.75) is 43.4 Å². The Bertz CT molecular complexity index is 1510. The van der Waals surface area contributed by atoms with Crippen LogP contribution in [0.2, 0.25) is 0 Å². The van der Waals surface area contributed by atoms with E-state index in [1.54, 1.807) is 12.1 Å². The molecule has 1 aromatic heterocycles. The first-order valence-electron chi connectivity index (χ1n) is 12.9. The van der Waals surface area contributed by atoms with Crippen LogP contribution in [0, 0.1) is 0 Å². The second-order valence-corrected chi connectivity index (χ2v) is 12.2. The van der Waals surface area contributed by atoms with Crippen LogP contribution in [-0.2, 0) is 16.6 Å². The zero-order valence-electron chi connectivity index (χ0n) is 22.9. The van der Waals surface area contributed by atoms with Gasteiger partial charge in [-0.3, -0.25) is 0 Å². The van der Waals surface area contributed by atoms with Crippen molar-refractivity contribution in [1.29, 1.82) is 0 Å². The SMILES string of the molecule is CN(C)c1ccc(-c2cn(CCC(C)(C)NCC(O)c3cccc(-c4cccc(S(N)(=O)=O)c4)c3)cn2)cc1. The zero-order valence-corrected chi connectivity index (χ0v) is 23.7. The van der Waals surface area contributed by atoms with Crippen molar-refractivity contribution in [2.24, 2.45) is 5.14 Å². The lowest BCUT2D eigenvalue weighted by Gasteiger charge is -2.28. The van der Waals surface area contributed by atoms with Crippen LogP contribution in [0.1, 0.15) is 31.9 Å². The second kappa shape index (κ2) is 11.7. The number of primary sulfonamides is 1. The first kappa shape index (κ1) is 28.5. The smallest absolute Gasteiger partial charge is 0.238 e. The highest BCUT2D eigenvalue weighted by Crippen LogP contribution is 2.26. The summed E-state index contributed by atoms with van der Waals surface area (Å²) in [5, 5.41) is 19.7. The first-order chi connectivity index (χ1) is 18.4. The Hall–Kier alpha value is -3.50. The molecule has 0 aliphatic heterocycles. The second-order valence-electron chi connectivity index (χ2n) is 10.7. The standard InChI is InChI=1S/C30H37N5O3S/c1-30(2,15-16-35-20-28(32-21-35)22-11-13-26(14-12-22)34(3)4)33-19-29(36)25-9-5-7-23(17-25)24-8-6-10-27(18-24)39(31,37)38/h5-14,17-18,20-21,29,33,36H,15-16,19H2,1-4H3,(H2,31,37,38). The summed E-state index contributed by atoms with van der Waals surface area (Å²) in [5.74, 6) is 0. The third-order valence-corrected chi connectivity index (χ3v) is 7.76. The van der Waals surface area contributed by atoms with Gasteiger partial charge in [0.05, 0.1) is 23.0 Å². The van der Waals surface area contributed by atoms with Gasteiger partial charge in [0.1, 0.15) is 0 Å². The van der Waals surface area contributed by atoms with E-state index in [0.29, 0.717) is 6.54 Å². The Kier molecular flexibility index (Phi) is 8.56.